The summed E-state index contributed by atoms with van der Waals surface area (Å²) in [6, 6.07) is 5.63. The van der Waals surface area contributed by atoms with Crippen LogP contribution in [0, 0.1) is 0 Å². The number of nitrogens with zero attached hydrogens (tertiary/aromatic N) is 1. The number of rotatable bonds is 5. The highest BCUT2D eigenvalue weighted by molar-refractivity contribution is 6.49. The first kappa shape index (κ1) is 24.8. The van der Waals surface area contributed by atoms with Crippen LogP contribution in [0.5, 0.6) is 0 Å². The maximum Gasteiger partial charge on any atom is 0.189 e. The number of hydrogen-bond acceptors (Lipinski definition) is 12. The Morgan fingerprint density at radius 1 is 0.839 bits per heavy atom. The van der Waals surface area contributed by atoms with Gasteiger partial charge >= 0.3 is 0 Å². The molecule has 2 aliphatic heterocycles. The first-order chi connectivity index (χ1) is 14.5. The summed E-state index contributed by atoms with van der Waals surface area (Å²) in [5.74, 6) is 0. The fraction of sp³-hybridized carbons (Fsp3) is 0.647. The molecule has 12 nitrogen and oxygen atoms in total. The number of aliphatic hydroxyl groups is 8. The highest BCUT2D eigenvalue weighted by atomic mass is 35.5. The molecule has 2 saturated heterocycles. The Morgan fingerprint density at radius 3 is 1.97 bits per heavy atom. The third-order valence-electron chi connectivity index (χ3n) is 5.35. The van der Waals surface area contributed by atoms with Crippen molar-refractivity contribution in [2.75, 3.05) is 10.5 Å². The van der Waals surface area contributed by atoms with Crippen LogP contribution in [0.2, 0.25) is 0 Å². The van der Waals surface area contributed by atoms with Gasteiger partial charge in [-0.2, -0.15) is 3.94 Å². The van der Waals surface area contributed by atoms with Crippen molar-refractivity contribution in [2.45, 2.75) is 61.1 Å². The number of aliphatic hydroxyl groups excluding tert-OH is 8. The van der Waals surface area contributed by atoms with Crippen molar-refractivity contribution in [1.82, 2.24) is 0 Å². The zero-order valence-corrected chi connectivity index (χ0v) is 17.2. The summed E-state index contributed by atoms with van der Waals surface area (Å²) >= 11 is 11.3. The van der Waals surface area contributed by atoms with Crippen molar-refractivity contribution in [3.05, 3.63) is 29.8 Å². The lowest BCUT2D eigenvalue weighted by molar-refractivity contribution is -0.395. The van der Waals surface area contributed by atoms with Crippen molar-refractivity contribution in [3.63, 3.8) is 0 Å². The topological polar surface area (TPSA) is 193 Å². The molecule has 2 fully saturated rings. The lowest BCUT2D eigenvalue weighted by atomic mass is 9.81. The van der Waals surface area contributed by atoms with E-state index in [1.165, 1.54) is 24.3 Å². The van der Waals surface area contributed by atoms with Crippen LogP contribution < -0.4 is 3.94 Å². The second-order valence-electron chi connectivity index (χ2n) is 7.24. The minimum Gasteiger partial charge on any atom is -0.393 e. The van der Waals surface area contributed by atoms with Gasteiger partial charge in [-0.1, -0.05) is 12.1 Å². The number of ether oxygens (including phenoxy) is 3. The van der Waals surface area contributed by atoms with Crippen LogP contribution >= 0.6 is 23.6 Å². The van der Waals surface area contributed by atoms with Crippen LogP contribution in [0.3, 0.4) is 0 Å². The molecular formula is C17H23Cl2NO11. The molecule has 0 spiro atoms. The first-order valence-corrected chi connectivity index (χ1v) is 9.79. The van der Waals surface area contributed by atoms with Crippen molar-refractivity contribution in [1.29, 1.82) is 0 Å². The summed E-state index contributed by atoms with van der Waals surface area (Å²) in [6.45, 7) is -0.889. The molecule has 0 amide bonds. The van der Waals surface area contributed by atoms with E-state index in [4.69, 9.17) is 37.8 Å². The SMILES string of the molecule is OC[C@@]1(c2ccc(N(Cl)Cl)cc2)O[C@@H](O)[C@H](O)[C@H](O)[C@@H]1O[C@@H]1O[C@H](O)[C@@H](O)[C@H](O)[C@H]1O. The van der Waals surface area contributed by atoms with Crippen LogP contribution in [0.25, 0.3) is 0 Å². The van der Waals surface area contributed by atoms with Crippen LogP contribution in [-0.4, -0.2) is 103 Å². The largest absolute Gasteiger partial charge is 0.393 e. The normalized spacial score (nSPS) is 43.6. The molecule has 2 heterocycles. The molecule has 31 heavy (non-hydrogen) atoms. The molecule has 0 unspecified atom stereocenters. The molecule has 10 atom stereocenters. The second kappa shape index (κ2) is 9.57. The molecule has 176 valence electrons. The van der Waals surface area contributed by atoms with Crippen LogP contribution in [-0.2, 0) is 19.8 Å². The number of halogens is 2. The van der Waals surface area contributed by atoms with Gasteiger partial charge in [0.25, 0.3) is 0 Å². The van der Waals surface area contributed by atoms with Crippen molar-refractivity contribution in [2.24, 2.45) is 0 Å². The minimum absolute atomic E-state index is 0.148. The first-order valence-electron chi connectivity index (χ1n) is 9.11. The van der Waals surface area contributed by atoms with E-state index in [-0.39, 0.29) is 5.56 Å². The van der Waals surface area contributed by atoms with Gasteiger partial charge in [0, 0.05) is 23.6 Å². The van der Waals surface area contributed by atoms with E-state index in [9.17, 15) is 40.9 Å². The summed E-state index contributed by atoms with van der Waals surface area (Å²) in [4.78, 5) is 0. The van der Waals surface area contributed by atoms with Gasteiger partial charge in [-0.05, 0) is 17.7 Å². The van der Waals surface area contributed by atoms with Crippen molar-refractivity contribution in [3.8, 4) is 0 Å². The van der Waals surface area contributed by atoms with E-state index >= 15 is 0 Å². The van der Waals surface area contributed by atoms with Crippen LogP contribution in [0.1, 0.15) is 5.56 Å². The molecule has 0 aromatic heterocycles. The van der Waals surface area contributed by atoms with Gasteiger partial charge in [0.05, 0.1) is 12.3 Å². The molecule has 2 aliphatic rings. The highest BCUT2D eigenvalue weighted by Gasteiger charge is 2.57. The maximum absolute atomic E-state index is 10.6. The monoisotopic (exact) mass is 487 g/mol. The molecule has 14 heteroatoms. The van der Waals surface area contributed by atoms with Gasteiger partial charge in [-0.3, -0.25) is 0 Å². The summed E-state index contributed by atoms with van der Waals surface area (Å²) in [6.07, 6.45) is -16.7. The van der Waals surface area contributed by atoms with E-state index in [0.717, 1.165) is 3.94 Å². The summed E-state index contributed by atoms with van der Waals surface area (Å²) in [5.41, 5.74) is -1.52. The van der Waals surface area contributed by atoms with Crippen molar-refractivity contribution < 1.29 is 55.1 Å². The van der Waals surface area contributed by atoms with Crippen LogP contribution in [0.4, 0.5) is 5.69 Å². The third kappa shape index (κ3) is 4.50. The molecule has 0 aliphatic carbocycles. The Hall–Kier alpha value is -0.840. The predicted octanol–water partition coefficient (Wildman–Crippen LogP) is -2.80. The van der Waals surface area contributed by atoms with Gasteiger partial charge in [0.15, 0.2) is 18.9 Å². The molecule has 8 N–H and O–H groups in total. The van der Waals surface area contributed by atoms with E-state index in [1.54, 1.807) is 0 Å². The molecule has 0 bridgehead atoms. The Labute approximate surface area is 186 Å². The molecule has 0 radical (unpaired) electrons. The number of anilines is 1. The van der Waals surface area contributed by atoms with Gasteiger partial charge in [-0.15, -0.1) is 0 Å². The highest BCUT2D eigenvalue weighted by Crippen LogP contribution is 2.41. The van der Waals surface area contributed by atoms with Gasteiger partial charge in [-0.25, -0.2) is 0 Å². The summed E-state index contributed by atoms with van der Waals surface area (Å²) < 4.78 is 16.7. The van der Waals surface area contributed by atoms with Gasteiger partial charge < -0.3 is 55.1 Å². The molecule has 1 aromatic rings. The number of benzene rings is 1. The molecule has 0 saturated carbocycles. The fourth-order valence-electron chi connectivity index (χ4n) is 3.56. The van der Waals surface area contributed by atoms with Crippen molar-refractivity contribution >= 4 is 29.2 Å². The quantitative estimate of drug-likeness (QED) is 0.199. The summed E-state index contributed by atoms with van der Waals surface area (Å²) in [7, 11) is 0. The Bertz CT molecular complexity index is 743. The minimum atomic E-state index is -2.00. The average molecular weight is 488 g/mol. The fourth-order valence-corrected chi connectivity index (χ4v) is 3.79. The lowest BCUT2D eigenvalue weighted by Gasteiger charge is -2.50. The lowest BCUT2D eigenvalue weighted by Crippen LogP contribution is -2.67. The predicted molar refractivity (Wildman–Crippen MR) is 102 cm³/mol. The van der Waals surface area contributed by atoms with E-state index in [2.05, 4.69) is 0 Å². The van der Waals surface area contributed by atoms with E-state index in [0.29, 0.717) is 5.69 Å². The zero-order valence-electron chi connectivity index (χ0n) is 15.7. The molecule has 3 rings (SSSR count). The van der Waals surface area contributed by atoms with E-state index < -0.39 is 67.7 Å². The molecule has 1 aromatic carbocycles. The Kier molecular flexibility index (Phi) is 7.65. The van der Waals surface area contributed by atoms with Gasteiger partial charge in [0.1, 0.15) is 42.2 Å². The Balaban J connectivity index is 1.98. The second-order valence-corrected chi connectivity index (χ2v) is 8.09. The average Bonchev–Trinajstić information content (AvgIpc) is 2.76. The smallest absolute Gasteiger partial charge is 0.189 e. The zero-order chi connectivity index (χ0) is 23.1. The summed E-state index contributed by atoms with van der Waals surface area (Å²) in [5, 5.41) is 80.3. The molecular weight excluding hydrogens is 465 g/mol. The Morgan fingerprint density at radius 2 is 1.42 bits per heavy atom. The standard InChI is InChI=1S/C17H23Cl2NO11/c18-20(19)7-3-1-6(2-4-7)17(5-21)13(9(23)11(25)15(28)31-17)29-16-12(26)8(22)10(24)14(27)30-16/h1-4,8-16,21-28H,5H2/t8-,9-,10-,11+,12+,13-,14-,15+,16+,17-/m0/s1. The number of hydrogen-bond donors (Lipinski definition) is 8. The van der Waals surface area contributed by atoms with Gasteiger partial charge in [0.2, 0.25) is 0 Å². The third-order valence-corrected chi connectivity index (χ3v) is 5.74. The van der Waals surface area contributed by atoms with E-state index in [1.807, 2.05) is 0 Å². The maximum atomic E-state index is 10.6. The van der Waals surface area contributed by atoms with Crippen LogP contribution in [0.15, 0.2) is 24.3 Å².